The standard InChI is InChI=1S/C24H18N6O2.C18H13BrN4O.4C18H15P.C6H7BN2O3.Pd/c25-12-15-1-4-18(5-2-15)30(19-6-7-19)24(32)16-9-10-29-22(11-16)20(14-28-29)17-3-8-21(23(26)31)27-13-17;19-16-11-21-22-8-7-13(9-17(16)22)18(24)23(15-5-6-15)14-3-1-12(10-20)2-4-14;4*1-4-10-16(11-5-1)19(17-12-6-2-7-13-17)18-14-8-3-9-15-18;8-6(10)5-2-1-4(3-9-5)7(11)12;/h1-5,8-11,13-14,19H,6-7H2,(H2,26,31);1-4,7-9,11,15H,5-6H2;4*1-15H;1-3,11-12H,(H2,8,10);. The molecular formula is C120H98BBrN12O6P4Pd. The first-order chi connectivity index (χ1) is 70.6. The molecule has 145 heavy (non-hydrogen) atoms. The molecule has 22 rings (SSSR count). The average molecular weight is 2130 g/mol. The van der Waals surface area contributed by atoms with Crippen molar-refractivity contribution in [3.63, 3.8) is 0 Å². The Hall–Kier alpha value is -15.5. The fourth-order valence-electron chi connectivity index (χ4n) is 15.9. The zero-order valence-electron chi connectivity index (χ0n) is 78.5. The monoisotopic (exact) mass is 2120 g/mol. The van der Waals surface area contributed by atoms with Crippen molar-refractivity contribution in [1.82, 2.24) is 29.2 Å². The number of hydrogen-bond donors (Lipinski definition) is 4. The number of halogens is 1. The summed E-state index contributed by atoms with van der Waals surface area (Å²) in [5, 5.41) is 60.6. The van der Waals surface area contributed by atoms with Crippen LogP contribution in [0.5, 0.6) is 0 Å². The summed E-state index contributed by atoms with van der Waals surface area (Å²) in [4.78, 5) is 59.7. The topological polar surface area (TPSA) is 275 Å². The van der Waals surface area contributed by atoms with E-state index in [9.17, 15) is 19.2 Å². The Labute approximate surface area is 871 Å². The molecule has 6 heterocycles. The average Bonchev–Trinajstić information content (AvgIpc) is 1.64. The number of nitrogens with zero attached hydrogens (tertiary/aromatic N) is 10. The molecule has 18 nitrogen and oxygen atoms in total. The van der Waals surface area contributed by atoms with Crippen molar-refractivity contribution in [2.75, 3.05) is 9.80 Å². The molecule has 6 aromatic heterocycles. The molecule has 2 saturated carbocycles. The molecular weight excluding hydrogens is 2030 g/mol. The van der Waals surface area contributed by atoms with Gasteiger partial charge in [-0.2, -0.15) is 20.7 Å². The van der Waals surface area contributed by atoms with E-state index >= 15 is 0 Å². The minimum atomic E-state index is -1.57. The molecule has 2 aliphatic rings. The zero-order valence-corrected chi connectivity index (χ0v) is 85.3. The van der Waals surface area contributed by atoms with Gasteiger partial charge in [0, 0.05) is 96.4 Å². The summed E-state index contributed by atoms with van der Waals surface area (Å²) < 4.78 is 4.27. The Morgan fingerprint density at radius 2 is 0.586 bits per heavy atom. The number of pyridine rings is 4. The van der Waals surface area contributed by atoms with Crippen LogP contribution in [0.15, 0.2) is 503 Å². The van der Waals surface area contributed by atoms with Gasteiger partial charge in [0.25, 0.3) is 23.6 Å². The summed E-state index contributed by atoms with van der Waals surface area (Å²) in [6.07, 6.45) is 13.6. The van der Waals surface area contributed by atoms with Gasteiger partial charge in [-0.3, -0.25) is 29.1 Å². The van der Waals surface area contributed by atoms with Crippen molar-refractivity contribution < 1.29 is 49.6 Å². The number of fused-ring (bicyclic) bond motifs is 2. The Balaban J connectivity index is 0.000000129. The maximum Gasteiger partial charge on any atom is 0.490 e. The van der Waals surface area contributed by atoms with Crippen LogP contribution in [0.4, 0.5) is 11.4 Å². The van der Waals surface area contributed by atoms with Crippen LogP contribution in [-0.2, 0) is 20.4 Å². The van der Waals surface area contributed by atoms with Gasteiger partial charge in [0.05, 0.1) is 51.2 Å². The first-order valence-electron chi connectivity index (χ1n) is 46.6. The summed E-state index contributed by atoms with van der Waals surface area (Å²) in [6.45, 7) is 0. The maximum absolute atomic E-state index is 13.5. The molecule has 0 atom stereocenters. The van der Waals surface area contributed by atoms with Crippen molar-refractivity contribution in [3.8, 4) is 23.3 Å². The van der Waals surface area contributed by atoms with Gasteiger partial charge >= 0.3 is 7.12 Å². The SMILES string of the molecule is N#Cc1ccc(N(C(=O)c2ccn3ncc(-c4ccc(C(N)=O)nc4)c3c2)C2CC2)cc1.N#Cc1ccc(N(C(=O)c2ccn3ncc(Br)c3c2)C2CC2)cc1.NC(=O)c1ccc(B(O)O)cn1.[Pd].c1ccc(P(c2ccccc2)c2ccccc2)cc1.c1ccc(P(c2ccccc2)c2ccccc2)cc1.c1ccc(P(c2ccccc2)c2ccccc2)cc1.c1ccc(P(c2ccccc2)c2ccccc2)cc1. The maximum atomic E-state index is 13.5. The minimum Gasteiger partial charge on any atom is -0.423 e. The predicted octanol–water partition coefficient (Wildman–Crippen LogP) is 18.6. The number of hydrogen-bond acceptors (Lipinski definition) is 12. The van der Waals surface area contributed by atoms with E-state index in [2.05, 4.69) is 412 Å². The van der Waals surface area contributed by atoms with Crippen LogP contribution in [-0.4, -0.2) is 82.1 Å². The fraction of sp³-hybridized carbons (Fsp3) is 0.0500. The number of rotatable bonds is 22. The third-order valence-corrected chi connectivity index (χ3v) is 33.5. The summed E-state index contributed by atoms with van der Waals surface area (Å²) in [5.74, 6) is -1.37. The quantitative estimate of drug-likeness (QED) is 0.0364. The van der Waals surface area contributed by atoms with Crippen molar-refractivity contribution in [2.24, 2.45) is 11.5 Å². The van der Waals surface area contributed by atoms with Gasteiger partial charge in [0.15, 0.2) is 0 Å². The van der Waals surface area contributed by atoms with Crippen LogP contribution >= 0.6 is 47.6 Å². The first-order valence-corrected chi connectivity index (χ1v) is 52.8. The molecule has 714 valence electrons. The second-order valence-corrected chi connectivity index (χ2v) is 42.8. The number of anilines is 2. The van der Waals surface area contributed by atoms with Crippen molar-refractivity contribution >= 4 is 170 Å². The van der Waals surface area contributed by atoms with Crippen LogP contribution in [0.1, 0.15) is 78.5 Å². The number of carbonyl (C=O) groups excluding carboxylic acids is 4. The fourth-order valence-corrected chi connectivity index (χ4v) is 25.5. The van der Waals surface area contributed by atoms with Gasteiger partial charge in [0.1, 0.15) is 11.4 Å². The van der Waals surface area contributed by atoms with Gasteiger partial charge in [-0.15, -0.1) is 0 Å². The smallest absolute Gasteiger partial charge is 0.423 e. The van der Waals surface area contributed by atoms with Gasteiger partial charge in [-0.05, 0) is 222 Å². The summed E-state index contributed by atoms with van der Waals surface area (Å²) in [6, 6.07) is 161. The Bertz CT molecular complexity index is 6790. The van der Waals surface area contributed by atoms with E-state index < -0.39 is 50.6 Å². The van der Waals surface area contributed by atoms with E-state index in [0.29, 0.717) is 22.3 Å². The summed E-state index contributed by atoms with van der Waals surface area (Å²) in [7, 11) is -3.35. The van der Waals surface area contributed by atoms with E-state index in [1.165, 1.54) is 82.0 Å². The molecule has 2 fully saturated rings. The van der Waals surface area contributed by atoms with E-state index in [0.717, 1.165) is 63.7 Å². The third kappa shape index (κ3) is 28.1. The normalized spacial score (nSPS) is 11.5. The molecule has 0 radical (unpaired) electrons. The first kappa shape index (κ1) is 104. The molecule has 0 unspecified atom stereocenters. The molecule has 14 aromatic carbocycles. The number of primary amides is 2. The summed E-state index contributed by atoms with van der Waals surface area (Å²) in [5.41, 5.74) is 17.8. The molecule has 25 heteroatoms. The van der Waals surface area contributed by atoms with E-state index in [4.69, 9.17) is 32.0 Å². The number of carbonyl (C=O) groups is 4. The van der Waals surface area contributed by atoms with Crippen molar-refractivity contribution in [3.05, 3.63) is 536 Å². The van der Waals surface area contributed by atoms with Crippen molar-refractivity contribution in [1.29, 1.82) is 10.5 Å². The molecule has 4 amide bonds. The zero-order chi connectivity index (χ0) is 99.7. The number of nitrogens with two attached hydrogens (primary N) is 2. The number of amides is 4. The Kier molecular flexibility index (Phi) is 37.6. The van der Waals surface area contributed by atoms with E-state index in [-0.39, 0.29) is 61.2 Å². The minimum absolute atomic E-state index is 0. The van der Waals surface area contributed by atoms with Crippen LogP contribution in [0, 0.1) is 22.7 Å². The summed E-state index contributed by atoms with van der Waals surface area (Å²) >= 11 is 3.45. The van der Waals surface area contributed by atoms with Crippen LogP contribution in [0.3, 0.4) is 0 Å². The van der Waals surface area contributed by atoms with Gasteiger partial charge in [-0.1, -0.05) is 376 Å². The van der Waals surface area contributed by atoms with Crippen LogP contribution in [0.25, 0.3) is 22.2 Å². The van der Waals surface area contributed by atoms with E-state index in [1.54, 1.807) is 93.4 Å². The van der Waals surface area contributed by atoms with E-state index in [1.807, 2.05) is 41.3 Å². The predicted molar refractivity (Wildman–Crippen MR) is 595 cm³/mol. The van der Waals surface area contributed by atoms with Crippen molar-refractivity contribution in [2.45, 2.75) is 37.8 Å². The molecule has 0 bridgehead atoms. The molecule has 0 aliphatic heterocycles. The molecule has 2 aliphatic carbocycles. The Morgan fingerprint density at radius 1 is 0.331 bits per heavy atom. The third-order valence-electron chi connectivity index (χ3n) is 23.1. The van der Waals surface area contributed by atoms with Crippen LogP contribution < -0.4 is 90.4 Å². The van der Waals surface area contributed by atoms with Gasteiger partial charge < -0.3 is 31.3 Å². The van der Waals surface area contributed by atoms with Gasteiger partial charge in [-0.25, -0.2) is 9.03 Å². The number of benzene rings is 14. The molecule has 0 spiro atoms. The molecule has 6 N–H and O–H groups in total. The molecule has 20 aromatic rings. The largest absolute Gasteiger partial charge is 0.490 e. The van der Waals surface area contributed by atoms with Crippen LogP contribution in [0.2, 0.25) is 0 Å². The second-order valence-electron chi connectivity index (χ2n) is 33.1. The number of nitriles is 2. The Morgan fingerprint density at radius 3 is 0.821 bits per heavy atom. The second kappa shape index (κ2) is 52.5. The van der Waals surface area contributed by atoms with Gasteiger partial charge in [0.2, 0.25) is 0 Å². The number of aromatic nitrogens is 6. The molecule has 0 saturated heterocycles.